The highest BCUT2D eigenvalue weighted by Gasteiger charge is 2.10. The molecule has 5 rings (SSSR count). The van der Waals surface area contributed by atoms with E-state index in [1.807, 2.05) is 6.07 Å². The Bertz CT molecular complexity index is 1190. The lowest BCUT2D eigenvalue weighted by Crippen LogP contribution is -2.05. The van der Waals surface area contributed by atoms with Gasteiger partial charge in [0.1, 0.15) is 0 Å². The molecule has 112 valence electrons. The monoisotopic (exact) mass is 306 g/mol. The van der Waals surface area contributed by atoms with Gasteiger partial charge < -0.3 is 0 Å². The van der Waals surface area contributed by atoms with Gasteiger partial charge in [-0.05, 0) is 39.1 Å². The number of hydrogen-bond donors (Lipinski definition) is 0. The highest BCUT2D eigenvalue weighted by atomic mass is 14.7. The van der Waals surface area contributed by atoms with E-state index in [9.17, 15) is 0 Å². The number of aromatic amines is 1. The number of fused-ring (bicyclic) bond motifs is 5. The number of hydrogen-bond acceptors (Lipinski definition) is 0. The zero-order valence-corrected chi connectivity index (χ0v) is 13.2. The summed E-state index contributed by atoms with van der Waals surface area (Å²) >= 11 is 0. The molecule has 0 bridgehead atoms. The van der Waals surface area contributed by atoms with Crippen LogP contribution < -0.4 is 4.98 Å². The third-order valence-electron chi connectivity index (χ3n) is 4.76. The summed E-state index contributed by atoms with van der Waals surface area (Å²) in [6.07, 6.45) is 2.13. The van der Waals surface area contributed by atoms with Gasteiger partial charge in [-0.2, -0.15) is 0 Å². The topological polar surface area (TPSA) is 14.1 Å². The van der Waals surface area contributed by atoms with Crippen molar-refractivity contribution < 1.29 is 4.98 Å². The molecule has 0 fully saturated rings. The van der Waals surface area contributed by atoms with Crippen LogP contribution in [-0.4, -0.2) is 0 Å². The predicted molar refractivity (Wildman–Crippen MR) is 101 cm³/mol. The zero-order chi connectivity index (χ0) is 15.9. The first-order chi connectivity index (χ1) is 11.9. The van der Waals surface area contributed by atoms with Crippen molar-refractivity contribution in [2.45, 2.75) is 0 Å². The van der Waals surface area contributed by atoms with Crippen LogP contribution >= 0.6 is 0 Å². The molecule has 4 aromatic carbocycles. The Morgan fingerprint density at radius 1 is 0.500 bits per heavy atom. The van der Waals surface area contributed by atoms with Crippen molar-refractivity contribution in [3.05, 3.63) is 91.1 Å². The molecule has 1 nitrogen and oxygen atoms in total. The largest absolute Gasteiger partial charge is 0.211 e. The molecule has 1 heteroatoms. The molecule has 0 atom stereocenters. The first-order valence-corrected chi connectivity index (χ1v) is 8.21. The maximum absolute atomic E-state index is 3.47. The standard InChI is InChI=1S/C23H15N/c1-2-7-17(8-3-1)23-14-18-11-13-20-19-9-5-4-6-16(19)10-12-21(20)22(18)15-24-23/h1-15H/p+1. The van der Waals surface area contributed by atoms with Gasteiger partial charge in [-0.15, -0.1) is 0 Å². The molecule has 0 saturated carbocycles. The summed E-state index contributed by atoms with van der Waals surface area (Å²) in [5, 5.41) is 7.72. The van der Waals surface area contributed by atoms with E-state index in [0.717, 1.165) is 5.69 Å². The molecule has 0 radical (unpaired) electrons. The summed E-state index contributed by atoms with van der Waals surface area (Å²) in [5.74, 6) is 0. The van der Waals surface area contributed by atoms with Crippen LogP contribution in [0.3, 0.4) is 0 Å². The van der Waals surface area contributed by atoms with Crippen LogP contribution in [0.4, 0.5) is 0 Å². The molecule has 0 aliphatic rings. The molecular formula is C23H16N+. The van der Waals surface area contributed by atoms with Crippen LogP contribution in [0.15, 0.2) is 91.1 Å². The molecule has 0 saturated heterocycles. The second kappa shape index (κ2) is 5.17. The lowest BCUT2D eigenvalue weighted by Gasteiger charge is -2.06. The van der Waals surface area contributed by atoms with E-state index in [1.165, 1.54) is 37.9 Å². The maximum atomic E-state index is 3.47. The van der Waals surface area contributed by atoms with Crippen LogP contribution in [0.1, 0.15) is 0 Å². The Balaban J connectivity index is 1.81. The van der Waals surface area contributed by atoms with Crippen molar-refractivity contribution in [1.82, 2.24) is 0 Å². The summed E-state index contributed by atoms with van der Waals surface area (Å²) in [7, 11) is 0. The van der Waals surface area contributed by atoms with E-state index in [-0.39, 0.29) is 0 Å². The van der Waals surface area contributed by atoms with E-state index >= 15 is 0 Å². The molecule has 0 spiro atoms. The number of H-pyrrole nitrogens is 1. The summed E-state index contributed by atoms with van der Waals surface area (Å²) in [6, 6.07) is 30.2. The van der Waals surface area contributed by atoms with Crippen LogP contribution in [0.5, 0.6) is 0 Å². The fraction of sp³-hybridized carbons (Fsp3) is 0. The SMILES string of the molecule is c1ccc(-c2cc3ccc4c5ccccc5ccc4c3c[nH+]2)cc1. The van der Waals surface area contributed by atoms with E-state index < -0.39 is 0 Å². The minimum Gasteiger partial charge on any atom is -0.210 e. The Labute approximate surface area is 140 Å². The Morgan fingerprint density at radius 2 is 1.21 bits per heavy atom. The van der Waals surface area contributed by atoms with Crippen molar-refractivity contribution in [3.8, 4) is 11.3 Å². The van der Waals surface area contributed by atoms with Crippen LogP contribution in [0.25, 0.3) is 43.6 Å². The van der Waals surface area contributed by atoms with E-state index in [2.05, 4.69) is 90.0 Å². The summed E-state index contributed by atoms with van der Waals surface area (Å²) in [6.45, 7) is 0. The van der Waals surface area contributed by atoms with Gasteiger partial charge in [0.15, 0.2) is 6.20 Å². The lowest BCUT2D eigenvalue weighted by molar-refractivity contribution is -0.362. The second-order valence-corrected chi connectivity index (χ2v) is 6.16. The van der Waals surface area contributed by atoms with E-state index in [4.69, 9.17) is 0 Å². The summed E-state index contributed by atoms with van der Waals surface area (Å²) < 4.78 is 0. The number of benzene rings is 4. The first-order valence-electron chi connectivity index (χ1n) is 8.21. The quantitative estimate of drug-likeness (QED) is 0.356. The number of rotatable bonds is 1. The molecule has 24 heavy (non-hydrogen) atoms. The van der Waals surface area contributed by atoms with Gasteiger partial charge in [-0.25, -0.2) is 4.98 Å². The minimum atomic E-state index is 1.14. The molecule has 1 N–H and O–H groups in total. The summed E-state index contributed by atoms with van der Waals surface area (Å²) in [5.41, 5.74) is 2.35. The van der Waals surface area contributed by atoms with Gasteiger partial charge in [0.25, 0.3) is 0 Å². The van der Waals surface area contributed by atoms with Crippen molar-refractivity contribution >= 4 is 32.3 Å². The molecule has 1 heterocycles. The van der Waals surface area contributed by atoms with Crippen molar-refractivity contribution in [2.75, 3.05) is 0 Å². The number of pyridine rings is 1. The van der Waals surface area contributed by atoms with Crippen molar-refractivity contribution in [1.29, 1.82) is 0 Å². The summed E-state index contributed by atoms with van der Waals surface area (Å²) in [4.78, 5) is 3.47. The van der Waals surface area contributed by atoms with Gasteiger partial charge in [0, 0.05) is 11.6 Å². The Hall–Kier alpha value is -3.19. The first kappa shape index (κ1) is 13.3. The maximum Gasteiger partial charge on any atom is 0.211 e. The van der Waals surface area contributed by atoms with Gasteiger partial charge in [0.2, 0.25) is 5.69 Å². The minimum absolute atomic E-state index is 1.14. The zero-order valence-electron chi connectivity index (χ0n) is 13.2. The molecule has 0 aliphatic heterocycles. The Morgan fingerprint density at radius 3 is 2.08 bits per heavy atom. The number of aromatic nitrogens is 1. The number of nitrogens with one attached hydrogen (secondary N) is 1. The molecular weight excluding hydrogens is 290 g/mol. The fourth-order valence-electron chi connectivity index (χ4n) is 3.55. The highest BCUT2D eigenvalue weighted by molar-refractivity contribution is 6.17. The van der Waals surface area contributed by atoms with Crippen LogP contribution in [0, 0.1) is 0 Å². The van der Waals surface area contributed by atoms with Gasteiger partial charge >= 0.3 is 0 Å². The molecule has 0 amide bonds. The van der Waals surface area contributed by atoms with E-state index in [0.29, 0.717) is 0 Å². The van der Waals surface area contributed by atoms with Gasteiger partial charge in [0.05, 0.1) is 5.39 Å². The average molecular weight is 306 g/mol. The molecule has 5 aromatic rings. The normalized spacial score (nSPS) is 11.3. The smallest absolute Gasteiger partial charge is 0.210 e. The van der Waals surface area contributed by atoms with Gasteiger partial charge in [-0.1, -0.05) is 66.7 Å². The highest BCUT2D eigenvalue weighted by Crippen LogP contribution is 2.31. The third-order valence-corrected chi connectivity index (χ3v) is 4.76. The molecule has 0 unspecified atom stereocenters. The van der Waals surface area contributed by atoms with Crippen LogP contribution in [0.2, 0.25) is 0 Å². The van der Waals surface area contributed by atoms with Crippen molar-refractivity contribution in [2.24, 2.45) is 0 Å². The van der Waals surface area contributed by atoms with Crippen molar-refractivity contribution in [3.63, 3.8) is 0 Å². The van der Waals surface area contributed by atoms with E-state index in [1.54, 1.807) is 0 Å². The lowest BCUT2D eigenvalue weighted by atomic mass is 9.97. The van der Waals surface area contributed by atoms with Gasteiger partial charge in [-0.3, -0.25) is 0 Å². The predicted octanol–water partition coefficient (Wildman–Crippen LogP) is 5.63. The molecule has 1 aromatic heterocycles. The third kappa shape index (κ3) is 1.99. The fourth-order valence-corrected chi connectivity index (χ4v) is 3.55. The Kier molecular flexibility index (Phi) is 2.86. The molecule has 0 aliphatic carbocycles. The average Bonchev–Trinajstić information content (AvgIpc) is 2.67. The van der Waals surface area contributed by atoms with Crippen LogP contribution in [-0.2, 0) is 0 Å². The second-order valence-electron chi connectivity index (χ2n) is 6.16.